The van der Waals surface area contributed by atoms with Crippen LogP contribution in [0, 0.1) is 0 Å². The number of amides is 2. The third kappa shape index (κ3) is 4.61. The summed E-state index contributed by atoms with van der Waals surface area (Å²) in [5, 5.41) is 12.2. The maximum absolute atomic E-state index is 12.9. The molecule has 1 saturated heterocycles. The fourth-order valence-corrected chi connectivity index (χ4v) is 4.52. The van der Waals surface area contributed by atoms with Gasteiger partial charge in [-0.25, -0.2) is 4.79 Å². The molecule has 1 aliphatic carbocycles. The normalized spacial score (nSPS) is 27.4. The van der Waals surface area contributed by atoms with Crippen molar-refractivity contribution in [1.29, 1.82) is 0 Å². The van der Waals surface area contributed by atoms with Crippen LogP contribution in [-0.4, -0.2) is 64.2 Å². The standard InChI is InChI=1S/C21H31N3O3/c1-3-23(15-19(25)26)18-12-17(13-18)22-20(27)24-11-7-10-21(24,2)14-16-8-5-4-6-9-16/h4-6,8-9,17-18H,3,7,10-15H2,1-2H3,(H,22,27)(H,25,26). The van der Waals surface area contributed by atoms with E-state index in [1.807, 2.05) is 34.9 Å². The molecule has 2 aliphatic rings. The number of nitrogens with zero attached hydrogens (tertiary/aromatic N) is 2. The van der Waals surface area contributed by atoms with E-state index in [9.17, 15) is 9.59 Å². The van der Waals surface area contributed by atoms with Gasteiger partial charge in [0.1, 0.15) is 0 Å². The lowest BCUT2D eigenvalue weighted by molar-refractivity contribution is -0.139. The molecule has 1 aliphatic heterocycles. The maximum atomic E-state index is 12.9. The van der Waals surface area contributed by atoms with Crippen LogP contribution in [0.25, 0.3) is 0 Å². The molecule has 6 heteroatoms. The molecule has 1 aromatic rings. The number of benzene rings is 1. The summed E-state index contributed by atoms with van der Waals surface area (Å²) in [5.74, 6) is -0.793. The number of likely N-dealkylation sites (tertiary alicyclic amines) is 1. The first-order chi connectivity index (χ1) is 12.9. The van der Waals surface area contributed by atoms with Gasteiger partial charge in [0.25, 0.3) is 0 Å². The molecule has 0 bridgehead atoms. The quantitative estimate of drug-likeness (QED) is 0.771. The molecule has 2 amide bonds. The van der Waals surface area contributed by atoms with Gasteiger partial charge in [0, 0.05) is 24.2 Å². The van der Waals surface area contributed by atoms with E-state index in [0.717, 1.165) is 45.2 Å². The molecule has 1 saturated carbocycles. The number of carbonyl (C=O) groups excluding carboxylic acids is 1. The Morgan fingerprint density at radius 3 is 2.63 bits per heavy atom. The van der Waals surface area contributed by atoms with E-state index in [2.05, 4.69) is 24.4 Å². The van der Waals surface area contributed by atoms with Crippen LogP contribution in [0.2, 0.25) is 0 Å². The van der Waals surface area contributed by atoms with Crippen molar-refractivity contribution in [2.45, 2.75) is 63.6 Å². The minimum atomic E-state index is -0.793. The Kier molecular flexibility index (Phi) is 6.05. The Morgan fingerprint density at radius 2 is 2.00 bits per heavy atom. The molecule has 0 spiro atoms. The van der Waals surface area contributed by atoms with E-state index in [4.69, 9.17) is 5.11 Å². The number of hydrogen-bond acceptors (Lipinski definition) is 3. The summed E-state index contributed by atoms with van der Waals surface area (Å²) in [6.45, 7) is 5.75. The zero-order valence-corrected chi connectivity index (χ0v) is 16.4. The van der Waals surface area contributed by atoms with E-state index in [-0.39, 0.29) is 30.2 Å². The molecule has 1 unspecified atom stereocenters. The van der Waals surface area contributed by atoms with Gasteiger partial charge in [-0.1, -0.05) is 37.3 Å². The maximum Gasteiger partial charge on any atom is 0.318 e. The van der Waals surface area contributed by atoms with Crippen LogP contribution in [0.15, 0.2) is 30.3 Å². The Labute approximate surface area is 161 Å². The fraction of sp³-hybridized carbons (Fsp3) is 0.619. The molecule has 6 nitrogen and oxygen atoms in total. The molecule has 2 N–H and O–H groups in total. The number of aliphatic carboxylic acids is 1. The van der Waals surface area contributed by atoms with Gasteiger partial charge in [-0.05, 0) is 51.1 Å². The number of carboxylic acids is 1. The van der Waals surface area contributed by atoms with Crippen LogP contribution in [0.1, 0.15) is 45.1 Å². The smallest absolute Gasteiger partial charge is 0.318 e. The van der Waals surface area contributed by atoms with Gasteiger partial charge in [-0.3, -0.25) is 9.69 Å². The first-order valence-electron chi connectivity index (χ1n) is 9.99. The average Bonchev–Trinajstić information content (AvgIpc) is 2.97. The SMILES string of the molecule is CCN(CC(=O)O)C1CC(NC(=O)N2CCCC2(C)Cc2ccccc2)C1. The summed E-state index contributed by atoms with van der Waals surface area (Å²) >= 11 is 0. The zero-order chi connectivity index (χ0) is 19.4. The largest absolute Gasteiger partial charge is 0.480 e. The molecule has 3 rings (SSSR count). The van der Waals surface area contributed by atoms with Crippen molar-refractivity contribution in [1.82, 2.24) is 15.1 Å². The minimum absolute atomic E-state index is 0.0238. The molecule has 148 valence electrons. The molecule has 1 heterocycles. The van der Waals surface area contributed by atoms with Crippen molar-refractivity contribution in [2.24, 2.45) is 0 Å². The lowest BCUT2D eigenvalue weighted by atomic mass is 9.85. The summed E-state index contributed by atoms with van der Waals surface area (Å²) in [5.41, 5.74) is 1.11. The van der Waals surface area contributed by atoms with Gasteiger partial charge in [0.15, 0.2) is 0 Å². The van der Waals surface area contributed by atoms with Gasteiger partial charge in [-0.2, -0.15) is 0 Å². The molecule has 1 atom stereocenters. The van der Waals surface area contributed by atoms with Crippen molar-refractivity contribution in [2.75, 3.05) is 19.6 Å². The monoisotopic (exact) mass is 373 g/mol. The second-order valence-electron chi connectivity index (χ2n) is 8.14. The Morgan fingerprint density at radius 1 is 1.30 bits per heavy atom. The molecule has 27 heavy (non-hydrogen) atoms. The van der Waals surface area contributed by atoms with Crippen LogP contribution >= 0.6 is 0 Å². The molecule has 2 fully saturated rings. The highest BCUT2D eigenvalue weighted by atomic mass is 16.4. The van der Waals surface area contributed by atoms with Crippen molar-refractivity contribution in [3.8, 4) is 0 Å². The summed E-state index contributed by atoms with van der Waals surface area (Å²) in [6, 6.07) is 10.8. The average molecular weight is 373 g/mol. The molecule has 1 aromatic carbocycles. The van der Waals surface area contributed by atoms with Crippen LogP contribution in [0.4, 0.5) is 4.79 Å². The number of rotatable bonds is 7. The van der Waals surface area contributed by atoms with E-state index in [1.165, 1.54) is 5.56 Å². The number of hydrogen-bond donors (Lipinski definition) is 2. The highest BCUT2D eigenvalue weighted by molar-refractivity contribution is 5.76. The zero-order valence-electron chi connectivity index (χ0n) is 16.4. The minimum Gasteiger partial charge on any atom is -0.480 e. The van der Waals surface area contributed by atoms with Gasteiger partial charge < -0.3 is 15.3 Å². The topological polar surface area (TPSA) is 72.9 Å². The predicted octanol–water partition coefficient (Wildman–Crippen LogP) is 2.73. The second-order valence-corrected chi connectivity index (χ2v) is 8.14. The van der Waals surface area contributed by atoms with Crippen LogP contribution < -0.4 is 5.32 Å². The number of carboxylic acid groups (broad SMARTS) is 1. The Bertz CT molecular complexity index is 660. The van der Waals surface area contributed by atoms with Crippen molar-refractivity contribution in [3.63, 3.8) is 0 Å². The number of likely N-dealkylation sites (N-methyl/N-ethyl adjacent to an activating group) is 1. The summed E-state index contributed by atoms with van der Waals surface area (Å²) in [7, 11) is 0. The molecule has 0 aromatic heterocycles. The number of carbonyl (C=O) groups is 2. The molecular formula is C21H31N3O3. The van der Waals surface area contributed by atoms with Gasteiger partial charge >= 0.3 is 12.0 Å². The number of nitrogens with one attached hydrogen (secondary N) is 1. The third-order valence-electron chi connectivity index (χ3n) is 6.12. The highest BCUT2D eigenvalue weighted by Crippen LogP contribution is 2.33. The van der Waals surface area contributed by atoms with Gasteiger partial charge in [0.2, 0.25) is 0 Å². The molecular weight excluding hydrogens is 342 g/mol. The summed E-state index contributed by atoms with van der Waals surface area (Å²) < 4.78 is 0. The lowest BCUT2D eigenvalue weighted by Gasteiger charge is -2.44. The van der Waals surface area contributed by atoms with Crippen LogP contribution in [-0.2, 0) is 11.2 Å². The Hall–Kier alpha value is -2.08. The van der Waals surface area contributed by atoms with Gasteiger partial charge in [-0.15, -0.1) is 0 Å². The van der Waals surface area contributed by atoms with Crippen molar-refractivity contribution < 1.29 is 14.7 Å². The third-order valence-corrected chi connectivity index (χ3v) is 6.12. The van der Waals surface area contributed by atoms with Crippen LogP contribution in [0.5, 0.6) is 0 Å². The second kappa shape index (κ2) is 8.30. The predicted molar refractivity (Wildman–Crippen MR) is 105 cm³/mol. The summed E-state index contributed by atoms with van der Waals surface area (Å²) in [4.78, 5) is 27.8. The van der Waals surface area contributed by atoms with E-state index >= 15 is 0 Å². The van der Waals surface area contributed by atoms with Crippen molar-refractivity contribution in [3.05, 3.63) is 35.9 Å². The fourth-order valence-electron chi connectivity index (χ4n) is 4.52. The summed E-state index contributed by atoms with van der Waals surface area (Å²) in [6.07, 6.45) is 4.58. The van der Waals surface area contributed by atoms with E-state index in [0.29, 0.717) is 0 Å². The van der Waals surface area contributed by atoms with Crippen LogP contribution in [0.3, 0.4) is 0 Å². The first kappa shape index (κ1) is 19.7. The van der Waals surface area contributed by atoms with Gasteiger partial charge in [0.05, 0.1) is 6.54 Å². The number of urea groups is 1. The lowest BCUT2D eigenvalue weighted by Crippen LogP contribution is -2.59. The van der Waals surface area contributed by atoms with E-state index < -0.39 is 5.97 Å². The highest BCUT2D eigenvalue weighted by Gasteiger charge is 2.42. The Balaban J connectivity index is 1.53. The first-order valence-corrected chi connectivity index (χ1v) is 9.99. The van der Waals surface area contributed by atoms with Crippen molar-refractivity contribution >= 4 is 12.0 Å². The van der Waals surface area contributed by atoms with E-state index in [1.54, 1.807) is 0 Å². The molecule has 0 radical (unpaired) electrons.